The van der Waals surface area contributed by atoms with E-state index in [1.54, 1.807) is 11.1 Å². The van der Waals surface area contributed by atoms with Crippen LogP contribution in [0.1, 0.15) is 30.7 Å². The summed E-state index contributed by atoms with van der Waals surface area (Å²) in [6.07, 6.45) is 6.42. The van der Waals surface area contributed by atoms with Gasteiger partial charge in [-0.1, -0.05) is 36.8 Å². The van der Waals surface area contributed by atoms with Crippen molar-refractivity contribution in [2.45, 2.75) is 37.3 Å². The van der Waals surface area contributed by atoms with E-state index in [-0.39, 0.29) is 30.4 Å². The molecule has 132 valence electrons. The molecule has 0 bridgehead atoms. The van der Waals surface area contributed by atoms with Gasteiger partial charge in [0.1, 0.15) is 6.04 Å². The van der Waals surface area contributed by atoms with Crippen LogP contribution in [-0.2, 0) is 4.79 Å². The van der Waals surface area contributed by atoms with E-state index in [2.05, 4.69) is 11.1 Å². The van der Waals surface area contributed by atoms with Gasteiger partial charge < -0.3 is 10.0 Å². The molecule has 4 rings (SSSR count). The van der Waals surface area contributed by atoms with Crippen molar-refractivity contribution in [1.82, 2.24) is 9.88 Å². The van der Waals surface area contributed by atoms with E-state index >= 15 is 0 Å². The average Bonchev–Trinajstić information content (AvgIpc) is 2.61. The predicted octanol–water partition coefficient (Wildman–Crippen LogP) is 2.73. The van der Waals surface area contributed by atoms with Gasteiger partial charge in [-0.3, -0.25) is 9.78 Å². The number of carbonyl (C=O) groups excluding carboxylic acids is 1. The summed E-state index contributed by atoms with van der Waals surface area (Å²) >= 11 is 0. The van der Waals surface area contributed by atoms with Gasteiger partial charge in [-0.15, -0.1) is 0 Å². The highest BCUT2D eigenvalue weighted by Gasteiger charge is 2.53. The summed E-state index contributed by atoms with van der Waals surface area (Å²) in [6, 6.07) is 13.4. The fraction of sp³-hybridized carbons (Fsp3) is 0.381. The molecule has 1 aliphatic carbocycles. The van der Waals surface area contributed by atoms with Gasteiger partial charge in [0.15, 0.2) is 0 Å². The molecule has 1 saturated carbocycles. The molecule has 0 spiro atoms. The highest BCUT2D eigenvalue weighted by Crippen LogP contribution is 2.43. The maximum absolute atomic E-state index is 12.6. The Morgan fingerprint density at radius 3 is 2.54 bits per heavy atom. The number of benzene rings is 1. The molecule has 1 saturated heterocycles. The van der Waals surface area contributed by atoms with Crippen LogP contribution in [0.3, 0.4) is 0 Å². The Balaban J connectivity index is 1.56. The maximum atomic E-state index is 12.6. The smallest absolute Gasteiger partial charge is 0.227 e. The van der Waals surface area contributed by atoms with Crippen molar-refractivity contribution in [2.24, 2.45) is 5.92 Å². The fourth-order valence-electron chi connectivity index (χ4n) is 4.01. The molecule has 2 aromatic rings. The molecule has 2 aliphatic rings. The summed E-state index contributed by atoms with van der Waals surface area (Å²) in [5.41, 5.74) is 3.07. The molecular formula is C21H21N3O2. The van der Waals surface area contributed by atoms with Crippen LogP contribution in [-0.4, -0.2) is 39.6 Å². The SMILES string of the molecule is N#C[C@@H]1[C@H](c2ccc(-c3cccnc3)cc2)[C@H](CO)N1C(=O)C1CCC1. The highest BCUT2D eigenvalue weighted by atomic mass is 16.3. The van der Waals surface area contributed by atoms with Crippen molar-refractivity contribution in [1.29, 1.82) is 5.26 Å². The number of hydrogen-bond acceptors (Lipinski definition) is 4. The molecule has 5 heteroatoms. The van der Waals surface area contributed by atoms with Crippen molar-refractivity contribution < 1.29 is 9.90 Å². The highest BCUT2D eigenvalue weighted by molar-refractivity contribution is 5.82. The van der Waals surface area contributed by atoms with E-state index in [9.17, 15) is 15.2 Å². The average molecular weight is 347 g/mol. The summed E-state index contributed by atoms with van der Waals surface area (Å²) in [5, 5.41) is 19.5. The molecule has 1 aliphatic heterocycles. The zero-order valence-electron chi connectivity index (χ0n) is 14.5. The van der Waals surface area contributed by atoms with Crippen LogP contribution in [0.2, 0.25) is 0 Å². The minimum atomic E-state index is -0.496. The number of amides is 1. The third-order valence-electron chi connectivity index (χ3n) is 5.73. The van der Waals surface area contributed by atoms with Crippen LogP contribution in [0, 0.1) is 17.2 Å². The van der Waals surface area contributed by atoms with Gasteiger partial charge in [-0.05, 0) is 35.6 Å². The Labute approximate surface area is 152 Å². The molecule has 3 atom stereocenters. The first kappa shape index (κ1) is 16.7. The number of carbonyl (C=O) groups is 1. The molecule has 1 aromatic heterocycles. The number of rotatable bonds is 4. The van der Waals surface area contributed by atoms with Gasteiger partial charge in [0, 0.05) is 24.2 Å². The lowest BCUT2D eigenvalue weighted by atomic mass is 9.73. The van der Waals surface area contributed by atoms with Gasteiger partial charge >= 0.3 is 0 Å². The maximum Gasteiger partial charge on any atom is 0.227 e. The lowest BCUT2D eigenvalue weighted by molar-refractivity contribution is -0.154. The minimum Gasteiger partial charge on any atom is -0.394 e. The molecule has 1 N–H and O–H groups in total. The standard InChI is InChI=1S/C21H21N3O2/c22-11-18-20(19(13-25)24(18)21(26)16-3-1-4-16)15-8-6-14(7-9-15)17-5-2-10-23-12-17/h2,5-10,12,16,18-20,25H,1,3-4,13H2/t18-,19+,20+/m1/s1. The molecule has 26 heavy (non-hydrogen) atoms. The van der Waals surface area contributed by atoms with Crippen LogP contribution >= 0.6 is 0 Å². The van der Waals surface area contributed by atoms with Crippen LogP contribution in [0.25, 0.3) is 11.1 Å². The molecule has 1 aromatic carbocycles. The van der Waals surface area contributed by atoms with Crippen LogP contribution in [0.5, 0.6) is 0 Å². The Morgan fingerprint density at radius 1 is 1.23 bits per heavy atom. The lowest BCUT2D eigenvalue weighted by Crippen LogP contribution is -2.66. The Bertz CT molecular complexity index is 825. The second kappa shape index (κ2) is 6.89. The van der Waals surface area contributed by atoms with E-state index < -0.39 is 6.04 Å². The molecule has 5 nitrogen and oxygen atoms in total. The monoisotopic (exact) mass is 347 g/mol. The van der Waals surface area contributed by atoms with Gasteiger partial charge in [0.05, 0.1) is 18.7 Å². The summed E-state index contributed by atoms with van der Waals surface area (Å²) in [4.78, 5) is 18.4. The Morgan fingerprint density at radius 2 is 2.00 bits per heavy atom. The van der Waals surface area contributed by atoms with Gasteiger partial charge in [-0.25, -0.2) is 0 Å². The number of nitriles is 1. The second-order valence-electron chi connectivity index (χ2n) is 7.09. The number of nitrogens with zero attached hydrogens (tertiary/aromatic N) is 3. The van der Waals surface area contributed by atoms with E-state index in [0.29, 0.717) is 0 Å². The minimum absolute atomic E-state index is 0.0325. The number of pyridine rings is 1. The molecule has 2 heterocycles. The first-order chi connectivity index (χ1) is 12.7. The molecular weight excluding hydrogens is 326 g/mol. The number of aromatic nitrogens is 1. The van der Waals surface area contributed by atoms with Crippen molar-refractivity contribution in [3.63, 3.8) is 0 Å². The number of aliphatic hydroxyl groups is 1. The number of hydrogen-bond donors (Lipinski definition) is 1. The molecule has 2 fully saturated rings. The van der Waals surface area contributed by atoms with E-state index in [4.69, 9.17) is 0 Å². The van der Waals surface area contributed by atoms with Crippen LogP contribution < -0.4 is 0 Å². The Kier molecular flexibility index (Phi) is 4.44. The normalized spacial score (nSPS) is 25.1. The van der Waals surface area contributed by atoms with Crippen LogP contribution in [0.4, 0.5) is 0 Å². The van der Waals surface area contributed by atoms with Gasteiger partial charge in [0.2, 0.25) is 5.91 Å². The van der Waals surface area contributed by atoms with Crippen molar-refractivity contribution in [3.05, 3.63) is 54.4 Å². The van der Waals surface area contributed by atoms with Crippen molar-refractivity contribution in [2.75, 3.05) is 6.61 Å². The quantitative estimate of drug-likeness (QED) is 0.922. The second-order valence-corrected chi connectivity index (χ2v) is 7.09. The zero-order valence-corrected chi connectivity index (χ0v) is 14.5. The summed E-state index contributed by atoms with van der Waals surface area (Å²) < 4.78 is 0. The van der Waals surface area contributed by atoms with Crippen LogP contribution in [0.15, 0.2) is 48.8 Å². The van der Waals surface area contributed by atoms with E-state index in [1.807, 2.05) is 42.6 Å². The van der Waals surface area contributed by atoms with Gasteiger partial charge in [-0.2, -0.15) is 5.26 Å². The zero-order chi connectivity index (χ0) is 18.1. The third kappa shape index (κ3) is 2.67. The van der Waals surface area contributed by atoms with E-state index in [1.165, 1.54) is 0 Å². The first-order valence-corrected chi connectivity index (χ1v) is 9.07. The largest absolute Gasteiger partial charge is 0.394 e. The first-order valence-electron chi connectivity index (χ1n) is 9.07. The Hall–Kier alpha value is -2.71. The summed E-state index contributed by atoms with van der Waals surface area (Å²) in [7, 11) is 0. The third-order valence-corrected chi connectivity index (χ3v) is 5.73. The molecule has 1 amide bonds. The number of likely N-dealkylation sites (tertiary alicyclic amines) is 1. The topological polar surface area (TPSA) is 77.2 Å². The van der Waals surface area contributed by atoms with E-state index in [0.717, 1.165) is 36.0 Å². The fourth-order valence-corrected chi connectivity index (χ4v) is 4.01. The van der Waals surface area contributed by atoms with Crippen molar-refractivity contribution in [3.8, 4) is 17.2 Å². The van der Waals surface area contributed by atoms with Gasteiger partial charge in [0.25, 0.3) is 0 Å². The predicted molar refractivity (Wildman–Crippen MR) is 96.9 cm³/mol. The molecule has 0 radical (unpaired) electrons. The number of aliphatic hydroxyl groups excluding tert-OH is 1. The summed E-state index contributed by atoms with van der Waals surface area (Å²) in [6.45, 7) is -0.119. The summed E-state index contributed by atoms with van der Waals surface area (Å²) in [5.74, 6) is -0.0733. The van der Waals surface area contributed by atoms with Crippen molar-refractivity contribution >= 4 is 5.91 Å². The lowest BCUT2D eigenvalue weighted by Gasteiger charge is -2.53. The molecule has 0 unspecified atom stereocenters.